The van der Waals surface area contributed by atoms with E-state index < -0.39 is 0 Å². The number of anilines is 1. The first-order chi connectivity index (χ1) is 11.3. The van der Waals surface area contributed by atoms with Crippen molar-refractivity contribution in [1.82, 2.24) is 4.98 Å². The largest absolute Gasteiger partial charge is 0.383 e. The molecular weight excluding hydrogens is 300 g/mol. The Labute approximate surface area is 145 Å². The number of amidine groups is 1. The highest BCUT2D eigenvalue weighted by Gasteiger charge is 2.10. The number of rotatable bonds is 8. The Morgan fingerprint density at radius 3 is 2.67 bits per heavy atom. The second-order valence-corrected chi connectivity index (χ2v) is 6.09. The molecule has 0 aliphatic rings. The molecule has 0 bridgehead atoms. The van der Waals surface area contributed by atoms with Crippen LogP contribution in [0, 0.1) is 19.8 Å². The van der Waals surface area contributed by atoms with Crippen LogP contribution in [0.15, 0.2) is 34.9 Å². The maximum absolute atomic E-state index is 6.16. The monoisotopic (exact) mass is 330 g/mol. The van der Waals surface area contributed by atoms with Gasteiger partial charge in [-0.1, -0.05) is 32.1 Å². The van der Waals surface area contributed by atoms with E-state index in [0.29, 0.717) is 37.3 Å². The Morgan fingerprint density at radius 2 is 2.08 bits per heavy atom. The van der Waals surface area contributed by atoms with Gasteiger partial charge in [-0.05, 0) is 43.9 Å². The van der Waals surface area contributed by atoms with Crippen molar-refractivity contribution in [3.05, 3.63) is 46.7 Å². The predicted molar refractivity (Wildman–Crippen MR) is 102 cm³/mol. The average Bonchev–Trinajstić information content (AvgIpc) is 2.47. The van der Waals surface area contributed by atoms with Crippen LogP contribution in [0.1, 0.15) is 37.6 Å². The Hall–Kier alpha value is -2.14. The van der Waals surface area contributed by atoms with Gasteiger partial charge in [0.15, 0.2) is 0 Å². The summed E-state index contributed by atoms with van der Waals surface area (Å²) in [5, 5.41) is 0. The van der Waals surface area contributed by atoms with Crippen molar-refractivity contribution in [2.45, 2.75) is 34.6 Å². The molecule has 1 aromatic rings. The van der Waals surface area contributed by atoms with Gasteiger partial charge in [0.2, 0.25) is 0 Å². The van der Waals surface area contributed by atoms with Gasteiger partial charge in [-0.15, -0.1) is 0 Å². The minimum absolute atomic E-state index is 0.422. The Balaban J connectivity index is 2.95. The van der Waals surface area contributed by atoms with Crippen molar-refractivity contribution in [2.75, 3.05) is 25.5 Å². The zero-order valence-electron chi connectivity index (χ0n) is 15.5. The highest BCUT2D eigenvalue weighted by molar-refractivity contribution is 6.02. The van der Waals surface area contributed by atoms with Crippen molar-refractivity contribution < 1.29 is 4.74 Å². The lowest BCUT2D eigenvalue weighted by Gasteiger charge is -2.10. The third-order valence-electron chi connectivity index (χ3n) is 3.36. The molecule has 0 fully saturated rings. The van der Waals surface area contributed by atoms with Crippen molar-refractivity contribution in [2.24, 2.45) is 16.6 Å². The third-order valence-corrected chi connectivity index (χ3v) is 3.36. The van der Waals surface area contributed by atoms with Crippen LogP contribution < -0.4 is 11.5 Å². The number of nitrogens with zero attached hydrogens (tertiary/aromatic N) is 2. The maximum atomic E-state index is 6.16. The van der Waals surface area contributed by atoms with E-state index in [1.807, 2.05) is 39.0 Å². The van der Waals surface area contributed by atoms with Gasteiger partial charge < -0.3 is 16.2 Å². The molecule has 4 N–H and O–H groups in total. The SMILES string of the molecule is CCOC/C=C\C(=C/C(C)C)CN=C(N)c1c(C)cc(C)nc1N. The molecule has 5 heteroatoms. The van der Waals surface area contributed by atoms with Gasteiger partial charge in [-0.2, -0.15) is 0 Å². The van der Waals surface area contributed by atoms with Crippen molar-refractivity contribution in [3.63, 3.8) is 0 Å². The van der Waals surface area contributed by atoms with Gasteiger partial charge in [-0.3, -0.25) is 4.99 Å². The summed E-state index contributed by atoms with van der Waals surface area (Å²) < 4.78 is 5.33. The first-order valence-corrected chi connectivity index (χ1v) is 8.34. The highest BCUT2D eigenvalue weighted by atomic mass is 16.5. The number of aryl methyl sites for hydroxylation is 2. The second kappa shape index (κ2) is 9.88. The molecule has 132 valence electrons. The fourth-order valence-corrected chi connectivity index (χ4v) is 2.43. The van der Waals surface area contributed by atoms with E-state index in [-0.39, 0.29) is 0 Å². The fourth-order valence-electron chi connectivity index (χ4n) is 2.43. The first kappa shape index (κ1) is 19.9. The molecule has 24 heavy (non-hydrogen) atoms. The zero-order valence-corrected chi connectivity index (χ0v) is 15.5. The second-order valence-electron chi connectivity index (χ2n) is 6.09. The number of nitrogens with two attached hydrogens (primary N) is 2. The van der Waals surface area contributed by atoms with Crippen LogP contribution in [0.25, 0.3) is 0 Å². The summed E-state index contributed by atoms with van der Waals surface area (Å²) in [6, 6.07) is 1.96. The summed E-state index contributed by atoms with van der Waals surface area (Å²) in [6.45, 7) is 11.9. The van der Waals surface area contributed by atoms with E-state index in [9.17, 15) is 0 Å². The molecule has 0 unspecified atom stereocenters. The number of nitrogen functional groups attached to an aromatic ring is 1. The maximum Gasteiger partial charge on any atom is 0.134 e. The van der Waals surface area contributed by atoms with E-state index in [4.69, 9.17) is 16.2 Å². The Bertz CT molecular complexity index is 607. The van der Waals surface area contributed by atoms with Gasteiger partial charge in [0.05, 0.1) is 18.7 Å². The molecule has 5 nitrogen and oxygen atoms in total. The average molecular weight is 330 g/mol. The molecule has 1 heterocycles. The first-order valence-electron chi connectivity index (χ1n) is 8.34. The number of aromatic nitrogens is 1. The standard InChI is InChI=1S/C19H30N4O/c1-6-24-9-7-8-16(10-13(2)3)12-22-18(20)17-14(4)11-15(5)23-19(17)21/h7-8,10-11,13H,6,9,12H2,1-5H3,(H2,20,22)(H2,21,23)/b8-7-,16-10+. The number of allylic oxidation sites excluding steroid dienone is 1. The van der Waals surface area contributed by atoms with Crippen LogP contribution in [-0.4, -0.2) is 30.6 Å². The van der Waals surface area contributed by atoms with Crippen molar-refractivity contribution in [3.8, 4) is 0 Å². The van der Waals surface area contributed by atoms with Gasteiger partial charge in [0, 0.05) is 12.3 Å². The Kier molecular flexibility index (Phi) is 8.19. The van der Waals surface area contributed by atoms with E-state index in [2.05, 4.69) is 29.9 Å². The number of hydrogen-bond donors (Lipinski definition) is 2. The van der Waals surface area contributed by atoms with Crippen molar-refractivity contribution >= 4 is 11.7 Å². The minimum Gasteiger partial charge on any atom is -0.383 e. The van der Waals surface area contributed by atoms with Crippen LogP contribution in [0.4, 0.5) is 5.82 Å². The van der Waals surface area contributed by atoms with Gasteiger partial charge >= 0.3 is 0 Å². The number of pyridine rings is 1. The van der Waals surface area contributed by atoms with Crippen LogP contribution in [0.2, 0.25) is 0 Å². The molecule has 1 rings (SSSR count). The smallest absolute Gasteiger partial charge is 0.134 e. The van der Waals surface area contributed by atoms with E-state index in [1.165, 1.54) is 0 Å². The van der Waals surface area contributed by atoms with Crippen LogP contribution in [-0.2, 0) is 4.74 Å². The summed E-state index contributed by atoms with van der Waals surface area (Å²) in [7, 11) is 0. The number of ether oxygens (including phenoxy) is 1. The third kappa shape index (κ3) is 6.54. The topological polar surface area (TPSA) is 86.5 Å². The van der Waals surface area contributed by atoms with E-state index >= 15 is 0 Å². The minimum atomic E-state index is 0.422. The summed E-state index contributed by atoms with van der Waals surface area (Å²) in [4.78, 5) is 8.78. The van der Waals surface area contributed by atoms with E-state index in [1.54, 1.807) is 0 Å². The lowest BCUT2D eigenvalue weighted by molar-refractivity contribution is 0.177. The molecular formula is C19H30N4O. The molecule has 0 spiro atoms. The fraction of sp³-hybridized carbons (Fsp3) is 0.474. The number of hydrogen-bond acceptors (Lipinski definition) is 4. The van der Waals surface area contributed by atoms with E-state index in [0.717, 1.165) is 22.4 Å². The summed E-state index contributed by atoms with van der Waals surface area (Å²) >= 11 is 0. The van der Waals surface area contributed by atoms with Crippen LogP contribution >= 0.6 is 0 Å². The molecule has 0 saturated heterocycles. The molecule has 0 radical (unpaired) electrons. The van der Waals surface area contributed by atoms with Crippen LogP contribution in [0.5, 0.6) is 0 Å². The van der Waals surface area contributed by atoms with Crippen molar-refractivity contribution in [1.29, 1.82) is 0 Å². The lowest BCUT2D eigenvalue weighted by atomic mass is 10.1. The zero-order chi connectivity index (χ0) is 18.1. The van der Waals surface area contributed by atoms with Crippen LogP contribution in [0.3, 0.4) is 0 Å². The van der Waals surface area contributed by atoms with Gasteiger partial charge in [-0.25, -0.2) is 4.98 Å². The summed E-state index contributed by atoms with van der Waals surface area (Å²) in [5.41, 5.74) is 15.9. The molecule has 0 atom stereocenters. The molecule has 0 saturated carbocycles. The van der Waals surface area contributed by atoms with Gasteiger partial charge in [0.25, 0.3) is 0 Å². The summed E-state index contributed by atoms with van der Waals surface area (Å²) in [5.74, 6) is 1.28. The highest BCUT2D eigenvalue weighted by Crippen LogP contribution is 2.16. The molecule has 0 aliphatic heterocycles. The molecule has 0 aliphatic carbocycles. The molecule has 0 amide bonds. The molecule has 1 aromatic heterocycles. The van der Waals surface area contributed by atoms with Gasteiger partial charge in [0.1, 0.15) is 11.7 Å². The summed E-state index contributed by atoms with van der Waals surface area (Å²) in [6.07, 6.45) is 6.20. The normalized spacial score (nSPS) is 13.2. The number of aliphatic imine (C=N–C) groups is 1. The lowest BCUT2D eigenvalue weighted by Crippen LogP contribution is -2.19. The Morgan fingerprint density at radius 1 is 1.38 bits per heavy atom. The quantitative estimate of drug-likeness (QED) is 0.332. The molecule has 0 aromatic carbocycles. The predicted octanol–water partition coefficient (Wildman–Crippen LogP) is 3.16.